The van der Waals surface area contributed by atoms with Gasteiger partial charge in [-0.15, -0.1) is 0 Å². The Kier molecular flexibility index (Phi) is 6.57. The lowest BCUT2D eigenvalue weighted by molar-refractivity contribution is -0.121. The number of hydrogen-bond donors (Lipinski definition) is 2. The number of carbonyl (C=O) groups excluding carboxylic acids is 1. The minimum atomic E-state index is 0.0199. The smallest absolute Gasteiger partial charge is 0.220 e. The summed E-state index contributed by atoms with van der Waals surface area (Å²) in [5.74, 6) is 0.835. The van der Waals surface area contributed by atoms with E-state index in [-0.39, 0.29) is 5.91 Å². The van der Waals surface area contributed by atoms with Gasteiger partial charge in [0.15, 0.2) is 0 Å². The second kappa shape index (κ2) is 10.3. The van der Waals surface area contributed by atoms with E-state index in [0.717, 1.165) is 44.6 Å². The zero-order valence-electron chi connectivity index (χ0n) is 19.6. The topological polar surface area (TPSA) is 84.8 Å². The Morgan fingerprint density at radius 2 is 1.77 bits per heavy atom. The van der Waals surface area contributed by atoms with Gasteiger partial charge in [-0.05, 0) is 59.0 Å². The van der Waals surface area contributed by atoms with Crippen LogP contribution in [0.4, 0.5) is 0 Å². The Hall–Kier alpha value is -4.39. The third-order valence-electron chi connectivity index (χ3n) is 6.19. The molecule has 0 saturated carbocycles. The van der Waals surface area contributed by atoms with Crippen molar-refractivity contribution in [2.75, 3.05) is 7.11 Å². The molecule has 5 aromatic rings. The average Bonchev–Trinajstić information content (AvgIpc) is 3.55. The molecule has 0 fully saturated rings. The van der Waals surface area contributed by atoms with Crippen molar-refractivity contribution in [1.82, 2.24) is 25.1 Å². The number of aromatic nitrogens is 4. The zero-order chi connectivity index (χ0) is 24.0. The molecule has 0 spiro atoms. The largest absolute Gasteiger partial charge is 0.497 e. The summed E-state index contributed by atoms with van der Waals surface area (Å²) in [6.45, 7) is 1.09. The van der Waals surface area contributed by atoms with Gasteiger partial charge < -0.3 is 15.0 Å². The van der Waals surface area contributed by atoms with Crippen molar-refractivity contribution in [3.63, 3.8) is 0 Å². The van der Waals surface area contributed by atoms with Crippen molar-refractivity contribution >= 4 is 16.8 Å². The summed E-state index contributed by atoms with van der Waals surface area (Å²) < 4.78 is 7.08. The number of fused-ring (bicyclic) bond motifs is 1. The van der Waals surface area contributed by atoms with Crippen LogP contribution in [0.2, 0.25) is 0 Å². The van der Waals surface area contributed by atoms with Crippen molar-refractivity contribution in [3.05, 3.63) is 102 Å². The average molecular weight is 466 g/mol. The molecule has 2 heterocycles. The standard InChI is InChI=1S/C28H27N5O2/c1-35-23-12-10-20(11-13-23)28-25(24-8-4-5-9-26(24)32-28)14-15-27(34)30-16-21-6-2-3-7-22(21)17-33-19-29-18-31-33/h2-13,18-19,32H,14-17H2,1H3,(H,30,34). The molecule has 176 valence electrons. The molecule has 2 aromatic heterocycles. The number of benzene rings is 3. The van der Waals surface area contributed by atoms with Gasteiger partial charge in [-0.25, -0.2) is 9.67 Å². The van der Waals surface area contributed by atoms with Gasteiger partial charge in [-0.2, -0.15) is 5.10 Å². The van der Waals surface area contributed by atoms with Gasteiger partial charge in [0.1, 0.15) is 18.4 Å². The second-order valence-electron chi connectivity index (χ2n) is 8.39. The van der Waals surface area contributed by atoms with E-state index in [1.54, 1.807) is 18.1 Å². The van der Waals surface area contributed by atoms with Crippen LogP contribution < -0.4 is 10.1 Å². The molecule has 0 aliphatic rings. The molecule has 35 heavy (non-hydrogen) atoms. The van der Waals surface area contributed by atoms with Crippen LogP contribution in [0, 0.1) is 0 Å². The molecule has 7 nitrogen and oxygen atoms in total. The highest BCUT2D eigenvalue weighted by molar-refractivity contribution is 5.91. The molecule has 0 aliphatic carbocycles. The quantitative estimate of drug-likeness (QED) is 0.330. The van der Waals surface area contributed by atoms with Crippen molar-refractivity contribution in [2.24, 2.45) is 0 Å². The van der Waals surface area contributed by atoms with Crippen LogP contribution in [-0.2, 0) is 24.3 Å². The first kappa shape index (κ1) is 22.4. The van der Waals surface area contributed by atoms with Crippen molar-refractivity contribution < 1.29 is 9.53 Å². The maximum absolute atomic E-state index is 12.8. The Bertz CT molecular complexity index is 1420. The van der Waals surface area contributed by atoms with E-state index in [2.05, 4.69) is 38.6 Å². The highest BCUT2D eigenvalue weighted by Crippen LogP contribution is 2.32. The van der Waals surface area contributed by atoms with Gasteiger partial charge in [-0.1, -0.05) is 42.5 Å². The number of nitrogens with one attached hydrogen (secondary N) is 2. The summed E-state index contributed by atoms with van der Waals surface area (Å²) in [6, 6.07) is 24.3. The highest BCUT2D eigenvalue weighted by atomic mass is 16.5. The van der Waals surface area contributed by atoms with Gasteiger partial charge in [0, 0.05) is 29.6 Å². The van der Waals surface area contributed by atoms with Crippen LogP contribution in [0.5, 0.6) is 5.75 Å². The molecule has 0 atom stereocenters. The van der Waals surface area contributed by atoms with Crippen molar-refractivity contribution in [1.29, 1.82) is 0 Å². The zero-order valence-corrected chi connectivity index (χ0v) is 19.6. The predicted octanol–water partition coefficient (Wildman–Crippen LogP) is 4.73. The number of aromatic amines is 1. The number of methoxy groups -OCH3 is 1. The SMILES string of the molecule is COc1ccc(-c2[nH]c3ccccc3c2CCC(=O)NCc2ccccc2Cn2cncn2)cc1. The fourth-order valence-electron chi connectivity index (χ4n) is 4.36. The lowest BCUT2D eigenvalue weighted by Gasteiger charge is -2.11. The molecule has 2 N–H and O–H groups in total. The van der Waals surface area contributed by atoms with Crippen LogP contribution >= 0.6 is 0 Å². The van der Waals surface area contributed by atoms with E-state index in [0.29, 0.717) is 25.9 Å². The number of amides is 1. The predicted molar refractivity (Wildman–Crippen MR) is 136 cm³/mol. The summed E-state index contributed by atoms with van der Waals surface area (Å²) in [6.07, 6.45) is 4.25. The first-order chi connectivity index (χ1) is 17.2. The van der Waals surface area contributed by atoms with E-state index in [4.69, 9.17) is 4.74 Å². The van der Waals surface area contributed by atoms with E-state index in [1.807, 2.05) is 54.6 Å². The molecule has 0 unspecified atom stereocenters. The van der Waals surface area contributed by atoms with Gasteiger partial charge in [0.25, 0.3) is 0 Å². The van der Waals surface area contributed by atoms with E-state index >= 15 is 0 Å². The third-order valence-corrected chi connectivity index (χ3v) is 6.19. The first-order valence-corrected chi connectivity index (χ1v) is 11.6. The van der Waals surface area contributed by atoms with E-state index in [9.17, 15) is 4.79 Å². The monoisotopic (exact) mass is 465 g/mol. The van der Waals surface area contributed by atoms with Gasteiger partial charge in [0.05, 0.1) is 13.7 Å². The number of carbonyl (C=O) groups is 1. The lowest BCUT2D eigenvalue weighted by Crippen LogP contribution is -2.24. The van der Waals surface area contributed by atoms with Crippen LogP contribution in [0.15, 0.2) is 85.5 Å². The number of nitrogens with zero attached hydrogens (tertiary/aromatic N) is 3. The van der Waals surface area contributed by atoms with Gasteiger partial charge in [0.2, 0.25) is 5.91 Å². The Labute approximate surface area is 203 Å². The van der Waals surface area contributed by atoms with Gasteiger partial charge in [-0.3, -0.25) is 4.79 Å². The summed E-state index contributed by atoms with van der Waals surface area (Å²) >= 11 is 0. The normalized spacial score (nSPS) is 11.0. The minimum absolute atomic E-state index is 0.0199. The van der Waals surface area contributed by atoms with Crippen LogP contribution in [0.3, 0.4) is 0 Å². The number of para-hydroxylation sites is 1. The second-order valence-corrected chi connectivity index (χ2v) is 8.39. The number of aryl methyl sites for hydroxylation is 1. The number of rotatable bonds is 9. The van der Waals surface area contributed by atoms with Crippen molar-refractivity contribution in [3.8, 4) is 17.0 Å². The summed E-state index contributed by atoms with van der Waals surface area (Å²) in [5, 5.41) is 8.42. The summed E-state index contributed by atoms with van der Waals surface area (Å²) in [5.41, 5.74) is 6.50. The van der Waals surface area contributed by atoms with Gasteiger partial charge >= 0.3 is 0 Å². The summed E-state index contributed by atoms with van der Waals surface area (Å²) in [7, 11) is 1.66. The Balaban J connectivity index is 1.29. The molecule has 3 aromatic carbocycles. The molecule has 5 rings (SSSR count). The number of hydrogen-bond acceptors (Lipinski definition) is 4. The van der Waals surface area contributed by atoms with E-state index < -0.39 is 0 Å². The van der Waals surface area contributed by atoms with Crippen LogP contribution in [-0.4, -0.2) is 32.8 Å². The van der Waals surface area contributed by atoms with Crippen LogP contribution in [0.25, 0.3) is 22.2 Å². The molecule has 0 bridgehead atoms. The van der Waals surface area contributed by atoms with Crippen LogP contribution in [0.1, 0.15) is 23.1 Å². The molecule has 0 saturated heterocycles. The molecular weight excluding hydrogens is 438 g/mol. The molecule has 1 amide bonds. The fourth-order valence-corrected chi connectivity index (χ4v) is 4.36. The van der Waals surface area contributed by atoms with Crippen molar-refractivity contribution in [2.45, 2.75) is 25.9 Å². The molecule has 0 radical (unpaired) electrons. The maximum atomic E-state index is 12.8. The highest BCUT2D eigenvalue weighted by Gasteiger charge is 2.15. The summed E-state index contributed by atoms with van der Waals surface area (Å²) in [4.78, 5) is 20.4. The molecule has 7 heteroatoms. The maximum Gasteiger partial charge on any atom is 0.220 e. The molecular formula is C28H27N5O2. The number of ether oxygens (including phenoxy) is 1. The fraction of sp³-hybridized carbons (Fsp3) is 0.179. The first-order valence-electron chi connectivity index (χ1n) is 11.6. The minimum Gasteiger partial charge on any atom is -0.497 e. The Morgan fingerprint density at radius 3 is 2.54 bits per heavy atom. The lowest BCUT2D eigenvalue weighted by atomic mass is 10.0. The Morgan fingerprint density at radius 1 is 1.00 bits per heavy atom. The van der Waals surface area contributed by atoms with E-state index in [1.165, 1.54) is 6.33 Å². The third kappa shape index (κ3) is 5.09. The number of H-pyrrole nitrogens is 1. The molecule has 0 aliphatic heterocycles.